The van der Waals surface area contributed by atoms with Crippen LogP contribution in [0.25, 0.3) is 11.6 Å². The first-order valence-corrected chi connectivity index (χ1v) is 11.0. The Morgan fingerprint density at radius 2 is 2.10 bits per heavy atom. The lowest BCUT2D eigenvalue weighted by atomic mass is 9.74. The zero-order valence-electron chi connectivity index (χ0n) is 18.0. The number of nitrogens with zero attached hydrogens (tertiary/aromatic N) is 5. The Labute approximate surface area is 181 Å². The van der Waals surface area contributed by atoms with Gasteiger partial charge in [-0.15, -0.1) is 0 Å². The van der Waals surface area contributed by atoms with Gasteiger partial charge in [0.2, 0.25) is 5.91 Å². The Morgan fingerprint density at radius 1 is 1.23 bits per heavy atom. The zero-order valence-corrected chi connectivity index (χ0v) is 18.0. The number of pyridine rings is 1. The van der Waals surface area contributed by atoms with Crippen LogP contribution in [0.3, 0.4) is 0 Å². The van der Waals surface area contributed by atoms with Crippen LogP contribution in [0, 0.1) is 19.8 Å². The number of rotatable bonds is 6. The number of piperidine rings is 1. The van der Waals surface area contributed by atoms with Crippen molar-refractivity contribution in [1.29, 1.82) is 0 Å². The number of aryl methyl sites for hydroxylation is 2. The molecule has 3 aromatic heterocycles. The molecule has 3 aromatic rings. The Kier molecular flexibility index (Phi) is 5.08. The molecule has 1 amide bonds. The van der Waals surface area contributed by atoms with E-state index >= 15 is 0 Å². The van der Waals surface area contributed by atoms with Crippen molar-refractivity contribution in [1.82, 2.24) is 25.2 Å². The molecule has 8 nitrogen and oxygen atoms in total. The molecule has 8 heteroatoms. The number of likely N-dealkylation sites (tertiary alicyclic amines) is 1. The molecule has 5 rings (SSSR count). The maximum atomic E-state index is 13.2. The van der Waals surface area contributed by atoms with Gasteiger partial charge in [-0.1, -0.05) is 29.2 Å². The predicted molar refractivity (Wildman–Crippen MR) is 112 cm³/mol. The van der Waals surface area contributed by atoms with Crippen molar-refractivity contribution in [2.24, 2.45) is 5.92 Å². The van der Waals surface area contributed by atoms with Gasteiger partial charge in [-0.25, -0.2) is 0 Å². The van der Waals surface area contributed by atoms with E-state index in [0.29, 0.717) is 42.1 Å². The fraction of sp³-hybridized carbons (Fsp3) is 0.522. The normalized spacial score (nSPS) is 21.4. The summed E-state index contributed by atoms with van der Waals surface area (Å²) >= 11 is 0. The number of hydrogen-bond donors (Lipinski definition) is 0. The van der Waals surface area contributed by atoms with E-state index in [9.17, 15) is 4.79 Å². The fourth-order valence-corrected chi connectivity index (χ4v) is 4.71. The lowest BCUT2D eigenvalue weighted by Crippen LogP contribution is -2.49. The van der Waals surface area contributed by atoms with Crippen molar-refractivity contribution in [2.75, 3.05) is 13.1 Å². The van der Waals surface area contributed by atoms with Crippen LogP contribution in [0.5, 0.6) is 0 Å². The highest BCUT2D eigenvalue weighted by Gasteiger charge is 2.46. The van der Waals surface area contributed by atoms with Crippen molar-refractivity contribution in [3.05, 3.63) is 47.2 Å². The van der Waals surface area contributed by atoms with Crippen LogP contribution in [0.2, 0.25) is 0 Å². The highest BCUT2D eigenvalue weighted by atomic mass is 16.5. The molecule has 1 aliphatic carbocycles. The second-order valence-corrected chi connectivity index (χ2v) is 8.96. The number of amides is 1. The molecule has 1 atom stereocenters. The second kappa shape index (κ2) is 7.90. The number of carbonyl (C=O) groups is 1. The molecule has 1 unspecified atom stereocenters. The van der Waals surface area contributed by atoms with Crippen molar-refractivity contribution in [3.8, 4) is 11.6 Å². The highest BCUT2D eigenvalue weighted by Crippen LogP contribution is 2.46. The van der Waals surface area contributed by atoms with Gasteiger partial charge in [0.05, 0.1) is 17.5 Å². The summed E-state index contributed by atoms with van der Waals surface area (Å²) in [6, 6.07) is 5.63. The van der Waals surface area contributed by atoms with Gasteiger partial charge in [0.1, 0.15) is 11.5 Å². The summed E-state index contributed by atoms with van der Waals surface area (Å²) in [5, 5.41) is 8.36. The van der Waals surface area contributed by atoms with Crippen LogP contribution >= 0.6 is 0 Å². The summed E-state index contributed by atoms with van der Waals surface area (Å²) < 4.78 is 10.8. The van der Waals surface area contributed by atoms with Gasteiger partial charge in [0.15, 0.2) is 5.82 Å². The lowest BCUT2D eigenvalue weighted by Gasteiger charge is -2.41. The molecule has 31 heavy (non-hydrogen) atoms. The monoisotopic (exact) mass is 421 g/mol. The van der Waals surface area contributed by atoms with E-state index in [2.05, 4.69) is 15.3 Å². The third-order valence-electron chi connectivity index (χ3n) is 6.60. The second-order valence-electron chi connectivity index (χ2n) is 8.96. The average molecular weight is 422 g/mol. The summed E-state index contributed by atoms with van der Waals surface area (Å²) in [6.45, 7) is 5.10. The predicted octanol–water partition coefficient (Wildman–Crippen LogP) is 3.64. The first-order valence-electron chi connectivity index (χ1n) is 11.0. The Morgan fingerprint density at radius 3 is 2.81 bits per heavy atom. The third-order valence-corrected chi connectivity index (χ3v) is 6.60. The van der Waals surface area contributed by atoms with Gasteiger partial charge in [0.25, 0.3) is 5.89 Å². The van der Waals surface area contributed by atoms with Crippen molar-refractivity contribution in [2.45, 2.75) is 57.8 Å². The minimum atomic E-state index is -0.273. The van der Waals surface area contributed by atoms with E-state index in [1.807, 2.05) is 36.9 Å². The van der Waals surface area contributed by atoms with Crippen LogP contribution < -0.4 is 0 Å². The quantitative estimate of drug-likeness (QED) is 0.599. The van der Waals surface area contributed by atoms with E-state index in [1.165, 1.54) is 12.8 Å². The summed E-state index contributed by atoms with van der Waals surface area (Å²) in [5.74, 6) is 2.63. The van der Waals surface area contributed by atoms with E-state index in [1.54, 1.807) is 6.20 Å². The van der Waals surface area contributed by atoms with Gasteiger partial charge in [-0.05, 0) is 51.2 Å². The van der Waals surface area contributed by atoms with Crippen LogP contribution in [0.15, 0.2) is 33.4 Å². The van der Waals surface area contributed by atoms with Crippen LogP contribution in [-0.2, 0) is 16.6 Å². The van der Waals surface area contributed by atoms with Gasteiger partial charge in [-0.3, -0.25) is 9.78 Å². The van der Waals surface area contributed by atoms with Gasteiger partial charge in [0, 0.05) is 24.8 Å². The third kappa shape index (κ3) is 3.98. The minimum Gasteiger partial charge on any atom is -0.361 e. The number of hydrogen-bond acceptors (Lipinski definition) is 7. The summed E-state index contributed by atoms with van der Waals surface area (Å²) in [4.78, 5) is 24.2. The van der Waals surface area contributed by atoms with Crippen molar-refractivity contribution in [3.63, 3.8) is 0 Å². The van der Waals surface area contributed by atoms with Gasteiger partial charge < -0.3 is 13.9 Å². The van der Waals surface area contributed by atoms with Gasteiger partial charge in [-0.2, -0.15) is 4.98 Å². The van der Waals surface area contributed by atoms with E-state index in [0.717, 1.165) is 37.1 Å². The molecule has 1 saturated heterocycles. The van der Waals surface area contributed by atoms with Crippen molar-refractivity contribution >= 4 is 5.91 Å². The molecule has 4 heterocycles. The van der Waals surface area contributed by atoms with E-state index in [-0.39, 0.29) is 11.3 Å². The number of aromatic nitrogens is 4. The topological polar surface area (TPSA) is 98.2 Å². The van der Waals surface area contributed by atoms with Crippen LogP contribution in [-0.4, -0.2) is 44.2 Å². The minimum absolute atomic E-state index is 0.0997. The van der Waals surface area contributed by atoms with Crippen LogP contribution in [0.4, 0.5) is 0 Å². The van der Waals surface area contributed by atoms with Crippen molar-refractivity contribution < 1.29 is 13.8 Å². The molecule has 2 aliphatic rings. The molecule has 162 valence electrons. The Hall–Kier alpha value is -3.03. The van der Waals surface area contributed by atoms with E-state index in [4.69, 9.17) is 14.0 Å². The summed E-state index contributed by atoms with van der Waals surface area (Å²) in [6.07, 6.45) is 7.37. The standard InChI is InChI=1S/C23H27N5O3/c1-15-18(16(2)30-26-15)12-20(29)28-11-5-9-23(14-28,13-17-7-8-17)22-25-21(31-27-22)19-6-3-4-10-24-19/h3-4,6,10,17H,5,7-9,11-14H2,1-2H3. The molecule has 0 bridgehead atoms. The van der Waals surface area contributed by atoms with E-state index < -0.39 is 0 Å². The Bertz CT molecular complexity index is 1050. The molecule has 1 aliphatic heterocycles. The molecule has 1 saturated carbocycles. The Balaban J connectivity index is 1.40. The summed E-state index contributed by atoms with van der Waals surface area (Å²) in [5.41, 5.74) is 2.07. The van der Waals surface area contributed by atoms with Gasteiger partial charge >= 0.3 is 0 Å². The average Bonchev–Trinajstić information content (AvgIpc) is 3.34. The molecule has 0 aromatic carbocycles. The zero-order chi connectivity index (χ0) is 21.4. The smallest absolute Gasteiger partial charge is 0.276 e. The first-order chi connectivity index (χ1) is 15.0. The maximum absolute atomic E-state index is 13.2. The molecular weight excluding hydrogens is 394 g/mol. The number of carbonyl (C=O) groups excluding carboxylic acids is 1. The SMILES string of the molecule is Cc1noc(C)c1CC(=O)N1CCCC(CC2CC2)(c2noc(-c3ccccn3)n2)C1. The first kappa shape index (κ1) is 19.9. The molecule has 0 N–H and O–H groups in total. The lowest BCUT2D eigenvalue weighted by molar-refractivity contribution is -0.133. The fourth-order valence-electron chi connectivity index (χ4n) is 4.71. The molecule has 0 spiro atoms. The highest BCUT2D eigenvalue weighted by molar-refractivity contribution is 5.79. The molecule has 0 radical (unpaired) electrons. The molecular formula is C23H27N5O3. The molecule has 2 fully saturated rings. The maximum Gasteiger partial charge on any atom is 0.276 e. The van der Waals surface area contributed by atoms with Crippen LogP contribution in [0.1, 0.15) is 54.9 Å². The largest absolute Gasteiger partial charge is 0.361 e. The summed E-state index contributed by atoms with van der Waals surface area (Å²) in [7, 11) is 0.